The van der Waals surface area contributed by atoms with Crippen LogP contribution in [0.1, 0.15) is 10.6 Å². The van der Waals surface area contributed by atoms with Gasteiger partial charge in [-0.05, 0) is 12.1 Å². The molecule has 1 aromatic rings. The number of alkyl halides is 2. The number of nitrogens with two attached hydrogens (primary N) is 2. The SMILES string of the molecule is NCC(F)(F)CNC(=O)c1ccc(S(N)(=O)=O)o1. The molecule has 0 bridgehead atoms. The molecular weight excluding hydrogens is 272 g/mol. The van der Waals surface area contributed by atoms with Crippen molar-refractivity contribution in [3.63, 3.8) is 0 Å². The molecule has 0 aliphatic rings. The van der Waals surface area contributed by atoms with Gasteiger partial charge in [-0.2, -0.15) is 0 Å². The minimum Gasteiger partial charge on any atom is -0.438 e. The minimum atomic E-state index is -4.08. The Labute approximate surface area is 101 Å². The van der Waals surface area contributed by atoms with E-state index in [4.69, 9.17) is 10.9 Å². The molecule has 1 amide bonds. The van der Waals surface area contributed by atoms with E-state index in [0.29, 0.717) is 0 Å². The second-order valence-electron chi connectivity index (χ2n) is 3.41. The zero-order chi connectivity index (χ0) is 14.0. The summed E-state index contributed by atoms with van der Waals surface area (Å²) < 4.78 is 51.8. The lowest BCUT2D eigenvalue weighted by molar-refractivity contribution is 0.0115. The van der Waals surface area contributed by atoms with Gasteiger partial charge in [0.2, 0.25) is 5.09 Å². The molecule has 0 saturated heterocycles. The summed E-state index contributed by atoms with van der Waals surface area (Å²) in [5.41, 5.74) is 4.77. The molecule has 0 radical (unpaired) electrons. The van der Waals surface area contributed by atoms with Crippen LogP contribution >= 0.6 is 0 Å². The van der Waals surface area contributed by atoms with Gasteiger partial charge in [-0.1, -0.05) is 0 Å². The summed E-state index contributed by atoms with van der Waals surface area (Å²) in [6.45, 7) is -1.90. The maximum absolute atomic E-state index is 12.7. The number of hydrogen-bond donors (Lipinski definition) is 3. The molecule has 1 rings (SSSR count). The summed E-state index contributed by atoms with van der Waals surface area (Å²) in [6.07, 6.45) is 0. The predicted octanol–water partition coefficient (Wildman–Crippen LogP) is -0.749. The van der Waals surface area contributed by atoms with Crippen molar-refractivity contribution in [3.8, 4) is 0 Å². The molecule has 18 heavy (non-hydrogen) atoms. The molecule has 0 saturated carbocycles. The van der Waals surface area contributed by atoms with E-state index in [1.165, 1.54) is 0 Å². The van der Waals surface area contributed by atoms with Gasteiger partial charge < -0.3 is 15.5 Å². The van der Waals surface area contributed by atoms with Crippen LogP contribution in [0.3, 0.4) is 0 Å². The lowest BCUT2D eigenvalue weighted by atomic mass is 10.3. The molecule has 0 aromatic carbocycles. The molecule has 0 unspecified atom stereocenters. The van der Waals surface area contributed by atoms with E-state index in [9.17, 15) is 22.0 Å². The normalized spacial score (nSPS) is 12.4. The summed E-state index contributed by atoms with van der Waals surface area (Å²) in [7, 11) is -4.08. The van der Waals surface area contributed by atoms with E-state index >= 15 is 0 Å². The molecule has 0 spiro atoms. The zero-order valence-corrected chi connectivity index (χ0v) is 9.84. The van der Waals surface area contributed by atoms with Crippen LogP contribution in [0.15, 0.2) is 21.6 Å². The van der Waals surface area contributed by atoms with Crippen molar-refractivity contribution >= 4 is 15.9 Å². The lowest BCUT2D eigenvalue weighted by Crippen LogP contribution is -2.41. The second-order valence-corrected chi connectivity index (χ2v) is 4.90. The largest absolute Gasteiger partial charge is 0.438 e. The fraction of sp³-hybridized carbons (Fsp3) is 0.375. The zero-order valence-electron chi connectivity index (χ0n) is 9.02. The number of sulfonamides is 1. The molecule has 10 heteroatoms. The van der Waals surface area contributed by atoms with Crippen LogP contribution in [0.5, 0.6) is 0 Å². The first kappa shape index (κ1) is 14.5. The maximum Gasteiger partial charge on any atom is 0.287 e. The highest BCUT2D eigenvalue weighted by Crippen LogP contribution is 2.13. The van der Waals surface area contributed by atoms with Gasteiger partial charge in [0, 0.05) is 0 Å². The summed E-state index contributed by atoms with van der Waals surface area (Å²) >= 11 is 0. The Morgan fingerprint density at radius 2 is 2.06 bits per heavy atom. The summed E-state index contributed by atoms with van der Waals surface area (Å²) in [4.78, 5) is 11.3. The van der Waals surface area contributed by atoms with E-state index < -0.39 is 45.8 Å². The smallest absolute Gasteiger partial charge is 0.287 e. The standard InChI is InChI=1S/C8H11F2N3O4S/c9-8(10,3-11)4-13-7(14)5-1-2-6(17-5)18(12,15)16/h1-2H,3-4,11H2,(H,13,14)(H2,12,15,16). The fourth-order valence-electron chi connectivity index (χ4n) is 0.964. The van der Waals surface area contributed by atoms with Gasteiger partial charge in [0.1, 0.15) is 0 Å². The molecule has 0 atom stereocenters. The number of nitrogens with one attached hydrogen (secondary N) is 1. The Morgan fingerprint density at radius 1 is 1.44 bits per heavy atom. The molecular formula is C8H11F2N3O4S. The third-order valence-corrected chi connectivity index (χ3v) is 2.67. The van der Waals surface area contributed by atoms with E-state index in [-0.39, 0.29) is 0 Å². The number of rotatable bonds is 5. The predicted molar refractivity (Wildman–Crippen MR) is 56.4 cm³/mol. The van der Waals surface area contributed by atoms with Crippen LogP contribution in [-0.4, -0.2) is 33.3 Å². The average Bonchev–Trinajstić information content (AvgIpc) is 2.75. The average molecular weight is 283 g/mol. The van der Waals surface area contributed by atoms with Crippen LogP contribution in [-0.2, 0) is 10.0 Å². The van der Waals surface area contributed by atoms with Gasteiger partial charge in [0.05, 0.1) is 13.1 Å². The Morgan fingerprint density at radius 3 is 2.50 bits per heavy atom. The molecule has 102 valence electrons. The van der Waals surface area contributed by atoms with Crippen molar-refractivity contribution in [2.75, 3.05) is 13.1 Å². The van der Waals surface area contributed by atoms with E-state index in [0.717, 1.165) is 12.1 Å². The Bertz CT molecular complexity index is 540. The number of amides is 1. The number of hydrogen-bond acceptors (Lipinski definition) is 5. The summed E-state index contributed by atoms with van der Waals surface area (Å²) in [6, 6.07) is 1.96. The van der Waals surface area contributed by atoms with Crippen LogP contribution in [0, 0.1) is 0 Å². The second kappa shape index (κ2) is 5.00. The molecule has 0 aliphatic heterocycles. The highest BCUT2D eigenvalue weighted by Gasteiger charge is 2.28. The number of furan rings is 1. The third-order valence-electron chi connectivity index (χ3n) is 1.89. The highest BCUT2D eigenvalue weighted by molar-refractivity contribution is 7.89. The first-order valence-corrected chi connectivity index (χ1v) is 6.19. The molecule has 7 nitrogen and oxygen atoms in total. The molecule has 1 heterocycles. The molecule has 1 aromatic heterocycles. The molecule has 0 fully saturated rings. The summed E-state index contributed by atoms with van der Waals surface area (Å²) in [5.74, 6) is -4.67. The third kappa shape index (κ3) is 3.75. The van der Waals surface area contributed by atoms with E-state index in [2.05, 4.69) is 4.42 Å². The van der Waals surface area contributed by atoms with Gasteiger partial charge in [-0.15, -0.1) is 0 Å². The van der Waals surface area contributed by atoms with Gasteiger partial charge >= 0.3 is 0 Å². The van der Waals surface area contributed by atoms with Crippen molar-refractivity contribution in [1.82, 2.24) is 5.32 Å². The van der Waals surface area contributed by atoms with Gasteiger partial charge in [0.25, 0.3) is 21.9 Å². The van der Waals surface area contributed by atoms with Gasteiger partial charge in [0.15, 0.2) is 5.76 Å². The quantitative estimate of drug-likeness (QED) is 0.655. The van der Waals surface area contributed by atoms with Crippen molar-refractivity contribution in [2.24, 2.45) is 10.9 Å². The highest BCUT2D eigenvalue weighted by atomic mass is 32.2. The molecule has 5 N–H and O–H groups in total. The van der Waals surface area contributed by atoms with Crippen LogP contribution in [0.4, 0.5) is 8.78 Å². The van der Waals surface area contributed by atoms with E-state index in [1.54, 1.807) is 0 Å². The number of halogens is 2. The van der Waals surface area contributed by atoms with Crippen molar-refractivity contribution in [1.29, 1.82) is 0 Å². The van der Waals surface area contributed by atoms with Crippen molar-refractivity contribution in [2.45, 2.75) is 11.0 Å². The van der Waals surface area contributed by atoms with Crippen LogP contribution in [0.25, 0.3) is 0 Å². The Balaban J connectivity index is 2.72. The topological polar surface area (TPSA) is 128 Å². The van der Waals surface area contributed by atoms with Crippen LogP contribution in [0.2, 0.25) is 0 Å². The van der Waals surface area contributed by atoms with Crippen LogP contribution < -0.4 is 16.2 Å². The fourth-order valence-corrected chi connectivity index (χ4v) is 1.43. The maximum atomic E-state index is 12.7. The Hall–Kier alpha value is -1.52. The number of carbonyl (C=O) groups is 1. The number of primary sulfonamides is 1. The molecule has 0 aliphatic carbocycles. The van der Waals surface area contributed by atoms with Crippen molar-refractivity contribution in [3.05, 3.63) is 17.9 Å². The van der Waals surface area contributed by atoms with Crippen molar-refractivity contribution < 1.29 is 26.4 Å². The minimum absolute atomic E-state index is 0.438. The van der Waals surface area contributed by atoms with Gasteiger partial charge in [-0.3, -0.25) is 4.79 Å². The monoisotopic (exact) mass is 283 g/mol. The van der Waals surface area contributed by atoms with E-state index in [1.807, 2.05) is 5.32 Å². The Kier molecular flexibility index (Phi) is 4.04. The van der Waals surface area contributed by atoms with Gasteiger partial charge in [-0.25, -0.2) is 22.3 Å². The first-order valence-electron chi connectivity index (χ1n) is 4.64. The summed E-state index contributed by atoms with van der Waals surface area (Å²) in [5, 5.41) is 5.98. The first-order chi connectivity index (χ1) is 8.15. The lowest BCUT2D eigenvalue weighted by Gasteiger charge is -2.13. The number of carbonyl (C=O) groups excluding carboxylic acids is 1.